The van der Waals surface area contributed by atoms with Crippen LogP contribution in [0.3, 0.4) is 0 Å². The summed E-state index contributed by atoms with van der Waals surface area (Å²) in [4.78, 5) is 8.30. The quantitative estimate of drug-likeness (QED) is 0.537. The van der Waals surface area contributed by atoms with Crippen LogP contribution in [0.25, 0.3) is 22.0 Å². The van der Waals surface area contributed by atoms with Gasteiger partial charge in [0.2, 0.25) is 11.0 Å². The average Bonchev–Trinajstić information content (AvgIpc) is 3.34. The van der Waals surface area contributed by atoms with E-state index in [0.29, 0.717) is 5.01 Å². The average molecular weight is 368 g/mol. The summed E-state index contributed by atoms with van der Waals surface area (Å²) in [5.41, 5.74) is 1.59. The molecular formula is C18H12N2O3S2. The summed E-state index contributed by atoms with van der Waals surface area (Å²) in [6.45, 7) is 0. The first-order valence-electron chi connectivity index (χ1n) is 7.42. The summed E-state index contributed by atoms with van der Waals surface area (Å²) < 4.78 is 31.1. The van der Waals surface area contributed by atoms with Gasteiger partial charge in [-0.3, -0.25) is 0 Å². The van der Waals surface area contributed by atoms with E-state index in [0.717, 1.165) is 22.5 Å². The normalized spacial score (nSPS) is 11.5. The Balaban J connectivity index is 1.69. The van der Waals surface area contributed by atoms with Crippen molar-refractivity contribution in [2.24, 2.45) is 0 Å². The largest absolute Gasteiger partial charge is 0.424 e. The number of sulfone groups is 1. The van der Waals surface area contributed by atoms with E-state index >= 15 is 0 Å². The zero-order valence-corrected chi connectivity index (χ0v) is 14.5. The summed E-state index contributed by atoms with van der Waals surface area (Å²) in [5.74, 6) is 0.270. The van der Waals surface area contributed by atoms with E-state index in [9.17, 15) is 8.42 Å². The van der Waals surface area contributed by atoms with Gasteiger partial charge in [-0.05, 0) is 12.1 Å². The number of oxazole rings is 1. The molecule has 0 unspecified atom stereocenters. The molecule has 0 fully saturated rings. The molecule has 0 bridgehead atoms. The Hall–Kier alpha value is -2.77. The summed E-state index contributed by atoms with van der Waals surface area (Å²) in [6.07, 6.45) is 2.59. The molecule has 0 aliphatic rings. The van der Waals surface area contributed by atoms with Crippen LogP contribution in [0.15, 0.2) is 86.8 Å². The van der Waals surface area contributed by atoms with E-state index in [1.54, 1.807) is 0 Å². The number of hydrogen-bond acceptors (Lipinski definition) is 6. The molecule has 0 aliphatic heterocycles. The number of rotatable bonds is 4. The van der Waals surface area contributed by atoms with Gasteiger partial charge >= 0.3 is 0 Å². The highest BCUT2D eigenvalue weighted by Crippen LogP contribution is 2.32. The maximum absolute atomic E-state index is 12.8. The minimum Gasteiger partial charge on any atom is -0.424 e. The minimum absolute atomic E-state index is 0.127. The zero-order chi connectivity index (χ0) is 17.3. The molecule has 0 radical (unpaired) electrons. The maximum Gasteiger partial charge on any atom is 0.252 e. The van der Waals surface area contributed by atoms with Gasteiger partial charge in [-0.25, -0.2) is 18.4 Å². The third-order valence-corrected chi connectivity index (χ3v) is 6.64. The van der Waals surface area contributed by atoms with Crippen LogP contribution in [0.2, 0.25) is 0 Å². The molecule has 5 nitrogen and oxygen atoms in total. The third-order valence-electron chi connectivity index (χ3n) is 3.54. The van der Waals surface area contributed by atoms with Crippen molar-refractivity contribution in [3.63, 3.8) is 0 Å². The number of benzene rings is 2. The lowest BCUT2D eigenvalue weighted by atomic mass is 10.2. The molecule has 0 atom stereocenters. The van der Waals surface area contributed by atoms with E-state index in [1.165, 1.54) is 12.4 Å². The fourth-order valence-electron chi connectivity index (χ4n) is 2.29. The van der Waals surface area contributed by atoms with Crippen LogP contribution < -0.4 is 0 Å². The molecular weight excluding hydrogens is 356 g/mol. The highest BCUT2D eigenvalue weighted by atomic mass is 32.2. The molecule has 0 amide bonds. The molecule has 25 heavy (non-hydrogen) atoms. The number of thiazole rings is 1. The van der Waals surface area contributed by atoms with Gasteiger partial charge in [0, 0.05) is 11.1 Å². The Bertz CT molecular complexity index is 1020. The van der Waals surface area contributed by atoms with Gasteiger partial charge in [-0.1, -0.05) is 48.5 Å². The predicted octanol–water partition coefficient (Wildman–Crippen LogP) is 4.30. The highest BCUT2D eigenvalue weighted by molar-refractivity contribution is 7.93. The van der Waals surface area contributed by atoms with E-state index in [4.69, 9.17) is 4.42 Å². The first-order chi connectivity index (χ1) is 12.1. The second kappa shape index (κ2) is 6.27. The van der Waals surface area contributed by atoms with Crippen molar-refractivity contribution in [1.82, 2.24) is 9.97 Å². The minimum atomic E-state index is -3.79. The van der Waals surface area contributed by atoms with Crippen molar-refractivity contribution >= 4 is 21.2 Å². The summed E-state index contributed by atoms with van der Waals surface area (Å²) in [7, 11) is -3.79. The molecule has 0 aliphatic carbocycles. The van der Waals surface area contributed by atoms with Crippen LogP contribution in [0.1, 0.15) is 0 Å². The van der Waals surface area contributed by atoms with Gasteiger partial charge in [-0.2, -0.15) is 0 Å². The number of nitrogens with zero attached hydrogens (tertiary/aromatic N) is 2. The van der Waals surface area contributed by atoms with Gasteiger partial charge in [0.1, 0.15) is 9.22 Å². The fourth-order valence-corrected chi connectivity index (χ4v) is 4.64. The topological polar surface area (TPSA) is 73.1 Å². The monoisotopic (exact) mass is 368 g/mol. The highest BCUT2D eigenvalue weighted by Gasteiger charge is 2.26. The Morgan fingerprint density at radius 3 is 2.12 bits per heavy atom. The van der Waals surface area contributed by atoms with Crippen LogP contribution in [-0.2, 0) is 9.84 Å². The Labute approximate surface area is 148 Å². The van der Waals surface area contributed by atoms with Gasteiger partial charge in [-0.15, -0.1) is 11.3 Å². The predicted molar refractivity (Wildman–Crippen MR) is 94.9 cm³/mol. The van der Waals surface area contributed by atoms with E-state index in [1.807, 2.05) is 60.7 Å². The molecule has 0 spiro atoms. The molecule has 2 heterocycles. The lowest BCUT2D eigenvalue weighted by molar-refractivity contribution is 0.459. The molecule has 0 saturated carbocycles. The maximum atomic E-state index is 12.8. The van der Waals surface area contributed by atoms with Crippen LogP contribution in [0.4, 0.5) is 0 Å². The SMILES string of the molecule is O=S(=O)(c1cnc(-c2ccccc2)o1)c1cnc(-c2ccccc2)s1. The van der Waals surface area contributed by atoms with E-state index in [-0.39, 0.29) is 15.2 Å². The second-order valence-electron chi connectivity index (χ2n) is 5.20. The van der Waals surface area contributed by atoms with Crippen molar-refractivity contribution in [2.45, 2.75) is 9.30 Å². The number of aromatic nitrogens is 2. The van der Waals surface area contributed by atoms with Crippen molar-refractivity contribution in [2.75, 3.05) is 0 Å². The van der Waals surface area contributed by atoms with Crippen LogP contribution in [-0.4, -0.2) is 18.4 Å². The molecule has 124 valence electrons. The molecule has 2 aromatic heterocycles. The standard InChI is InChI=1S/C18H12N2O3S2/c21-25(22,15-11-19-17(23-15)13-7-3-1-4-8-13)16-12-20-18(24-16)14-9-5-2-6-10-14/h1-12H. The summed E-state index contributed by atoms with van der Waals surface area (Å²) in [6, 6.07) is 18.6. The van der Waals surface area contributed by atoms with Crippen molar-refractivity contribution < 1.29 is 12.8 Å². The summed E-state index contributed by atoms with van der Waals surface area (Å²) >= 11 is 1.11. The molecule has 4 aromatic rings. The van der Waals surface area contributed by atoms with Crippen LogP contribution in [0.5, 0.6) is 0 Å². The number of hydrogen-bond donors (Lipinski definition) is 0. The Kier molecular flexibility index (Phi) is 3.95. The van der Waals surface area contributed by atoms with E-state index < -0.39 is 9.84 Å². The molecule has 2 aromatic carbocycles. The van der Waals surface area contributed by atoms with Gasteiger partial charge in [0.25, 0.3) is 9.84 Å². The molecule has 7 heteroatoms. The van der Waals surface area contributed by atoms with E-state index in [2.05, 4.69) is 9.97 Å². The van der Waals surface area contributed by atoms with Crippen LogP contribution >= 0.6 is 11.3 Å². The Morgan fingerprint density at radius 1 is 0.800 bits per heavy atom. The fraction of sp³-hybridized carbons (Fsp3) is 0. The van der Waals surface area contributed by atoms with Crippen molar-refractivity contribution in [3.05, 3.63) is 73.1 Å². The molecule has 0 N–H and O–H groups in total. The first kappa shape index (κ1) is 15.7. The molecule has 4 rings (SSSR count). The summed E-state index contributed by atoms with van der Waals surface area (Å²) in [5, 5.41) is 0.455. The van der Waals surface area contributed by atoms with Crippen LogP contribution in [0, 0.1) is 0 Å². The third kappa shape index (κ3) is 2.99. The molecule has 0 saturated heterocycles. The Morgan fingerprint density at radius 2 is 1.44 bits per heavy atom. The van der Waals surface area contributed by atoms with Gasteiger partial charge in [0.15, 0.2) is 0 Å². The lowest BCUT2D eigenvalue weighted by Crippen LogP contribution is -1.97. The first-order valence-corrected chi connectivity index (χ1v) is 9.72. The zero-order valence-electron chi connectivity index (χ0n) is 12.9. The van der Waals surface area contributed by atoms with Gasteiger partial charge in [0.05, 0.1) is 12.4 Å². The lowest BCUT2D eigenvalue weighted by Gasteiger charge is -1.96. The smallest absolute Gasteiger partial charge is 0.252 e. The van der Waals surface area contributed by atoms with Gasteiger partial charge < -0.3 is 4.42 Å². The second-order valence-corrected chi connectivity index (χ2v) is 8.34. The van der Waals surface area contributed by atoms with Crippen molar-refractivity contribution in [3.8, 4) is 22.0 Å². The van der Waals surface area contributed by atoms with Crippen molar-refractivity contribution in [1.29, 1.82) is 0 Å².